The van der Waals surface area contributed by atoms with E-state index in [4.69, 9.17) is 4.74 Å². The first-order valence-corrected chi connectivity index (χ1v) is 8.04. The van der Waals surface area contributed by atoms with E-state index >= 15 is 0 Å². The van der Waals surface area contributed by atoms with Gasteiger partial charge in [0.25, 0.3) is 0 Å². The Labute approximate surface area is 132 Å². The molecule has 0 unspecified atom stereocenters. The number of carbonyl (C=O) groups excluding carboxylic acids is 1. The average Bonchev–Trinajstić information content (AvgIpc) is 2.78. The summed E-state index contributed by atoms with van der Waals surface area (Å²) in [6.07, 6.45) is 0.544. The molecule has 0 aliphatic carbocycles. The van der Waals surface area contributed by atoms with Crippen LogP contribution in [0.5, 0.6) is 0 Å². The van der Waals surface area contributed by atoms with Crippen molar-refractivity contribution in [3.63, 3.8) is 0 Å². The standard InChI is InChI=1S/C16H19BrN2O2/c1-18-13-5-3-2-4-12(13)15(17)16(18)14(20)6-7-19-8-10-21-11-9-19/h2-5H,6-11H2,1H3. The molecule has 112 valence electrons. The molecule has 1 aliphatic heterocycles. The molecule has 0 bridgehead atoms. The number of benzene rings is 1. The molecule has 1 fully saturated rings. The van der Waals surface area contributed by atoms with Gasteiger partial charge >= 0.3 is 0 Å². The number of fused-ring (bicyclic) bond motifs is 1. The number of aryl methyl sites for hydroxylation is 1. The third kappa shape index (κ3) is 2.91. The second-order valence-corrected chi connectivity index (χ2v) is 6.16. The fourth-order valence-corrected chi connectivity index (χ4v) is 3.68. The molecular weight excluding hydrogens is 332 g/mol. The molecule has 0 amide bonds. The lowest BCUT2D eigenvalue weighted by molar-refractivity contribution is 0.0369. The minimum atomic E-state index is 0.187. The summed E-state index contributed by atoms with van der Waals surface area (Å²) in [7, 11) is 1.95. The molecule has 1 saturated heterocycles. The maximum Gasteiger partial charge on any atom is 0.181 e. The van der Waals surface area contributed by atoms with Crippen LogP contribution in [-0.4, -0.2) is 48.1 Å². The largest absolute Gasteiger partial charge is 0.379 e. The molecule has 1 aromatic heterocycles. The Morgan fingerprint density at radius 1 is 1.29 bits per heavy atom. The van der Waals surface area contributed by atoms with Gasteiger partial charge in [-0.15, -0.1) is 0 Å². The average molecular weight is 351 g/mol. The highest BCUT2D eigenvalue weighted by molar-refractivity contribution is 9.10. The number of para-hydroxylation sites is 1. The van der Waals surface area contributed by atoms with Crippen molar-refractivity contribution in [2.75, 3.05) is 32.8 Å². The van der Waals surface area contributed by atoms with Crippen molar-refractivity contribution in [2.24, 2.45) is 7.05 Å². The van der Waals surface area contributed by atoms with Gasteiger partial charge in [0, 0.05) is 44.0 Å². The molecule has 0 N–H and O–H groups in total. The summed E-state index contributed by atoms with van der Waals surface area (Å²) in [5, 5.41) is 1.09. The predicted molar refractivity (Wildman–Crippen MR) is 86.8 cm³/mol. The van der Waals surface area contributed by atoms with Crippen LogP contribution in [0.4, 0.5) is 0 Å². The van der Waals surface area contributed by atoms with Crippen molar-refractivity contribution in [2.45, 2.75) is 6.42 Å². The third-order valence-electron chi connectivity index (χ3n) is 4.07. The smallest absolute Gasteiger partial charge is 0.181 e. The SMILES string of the molecule is Cn1c(C(=O)CCN2CCOCC2)c(Br)c2ccccc21. The first-order valence-electron chi connectivity index (χ1n) is 7.24. The number of rotatable bonds is 4. The Bertz CT molecular complexity index is 621. The van der Waals surface area contributed by atoms with Gasteiger partial charge in [-0.2, -0.15) is 0 Å². The highest BCUT2D eigenvalue weighted by atomic mass is 79.9. The predicted octanol–water partition coefficient (Wildman–Crippen LogP) is 2.85. The highest BCUT2D eigenvalue weighted by Crippen LogP contribution is 2.30. The monoisotopic (exact) mass is 350 g/mol. The van der Waals surface area contributed by atoms with Crippen molar-refractivity contribution in [3.05, 3.63) is 34.4 Å². The molecule has 21 heavy (non-hydrogen) atoms. The molecule has 0 saturated carbocycles. The van der Waals surface area contributed by atoms with Crippen molar-refractivity contribution in [1.82, 2.24) is 9.47 Å². The second-order valence-electron chi connectivity index (χ2n) is 5.37. The molecule has 2 heterocycles. The zero-order chi connectivity index (χ0) is 14.8. The van der Waals surface area contributed by atoms with Gasteiger partial charge in [0.1, 0.15) is 0 Å². The lowest BCUT2D eigenvalue weighted by atomic mass is 10.2. The van der Waals surface area contributed by atoms with Gasteiger partial charge in [-0.1, -0.05) is 18.2 Å². The van der Waals surface area contributed by atoms with Crippen molar-refractivity contribution >= 4 is 32.6 Å². The molecule has 1 aromatic carbocycles. The number of morpholine rings is 1. The number of aromatic nitrogens is 1. The van der Waals surface area contributed by atoms with E-state index in [1.54, 1.807) is 0 Å². The molecule has 0 radical (unpaired) electrons. The summed E-state index contributed by atoms with van der Waals surface area (Å²) in [6.45, 7) is 4.18. The van der Waals surface area contributed by atoms with Gasteiger partial charge in [0.05, 0.1) is 23.4 Å². The molecule has 2 aromatic rings. The summed E-state index contributed by atoms with van der Waals surface area (Å²) >= 11 is 3.59. The molecule has 5 heteroatoms. The number of carbonyl (C=O) groups is 1. The van der Waals surface area contributed by atoms with E-state index in [1.165, 1.54) is 0 Å². The van der Waals surface area contributed by atoms with Crippen LogP contribution in [-0.2, 0) is 11.8 Å². The number of nitrogens with zero attached hydrogens (tertiary/aromatic N) is 2. The summed E-state index contributed by atoms with van der Waals surface area (Å²) in [5.41, 5.74) is 1.85. The first-order chi connectivity index (χ1) is 10.2. The Morgan fingerprint density at radius 3 is 2.71 bits per heavy atom. The van der Waals surface area contributed by atoms with E-state index in [1.807, 2.05) is 35.9 Å². The minimum Gasteiger partial charge on any atom is -0.379 e. The summed E-state index contributed by atoms with van der Waals surface area (Å²) in [6, 6.07) is 8.07. The Hall–Kier alpha value is -1.17. The van der Waals surface area contributed by atoms with Crippen molar-refractivity contribution in [1.29, 1.82) is 0 Å². The maximum atomic E-state index is 12.6. The number of ether oxygens (including phenoxy) is 1. The van der Waals surface area contributed by atoms with E-state index in [0.717, 1.165) is 53.9 Å². The molecule has 3 rings (SSSR count). The molecule has 0 atom stereocenters. The van der Waals surface area contributed by atoms with Crippen LogP contribution in [0.1, 0.15) is 16.9 Å². The van der Waals surface area contributed by atoms with E-state index in [-0.39, 0.29) is 5.78 Å². The van der Waals surface area contributed by atoms with E-state index in [9.17, 15) is 4.79 Å². The van der Waals surface area contributed by atoms with E-state index in [0.29, 0.717) is 6.42 Å². The van der Waals surface area contributed by atoms with Crippen LogP contribution in [0.25, 0.3) is 10.9 Å². The van der Waals surface area contributed by atoms with Crippen molar-refractivity contribution < 1.29 is 9.53 Å². The fraction of sp³-hybridized carbons (Fsp3) is 0.438. The minimum absolute atomic E-state index is 0.187. The van der Waals surface area contributed by atoms with Crippen LogP contribution >= 0.6 is 15.9 Å². The van der Waals surface area contributed by atoms with Crippen LogP contribution in [0.15, 0.2) is 28.7 Å². The van der Waals surface area contributed by atoms with Crippen LogP contribution in [0, 0.1) is 0 Å². The van der Waals surface area contributed by atoms with Crippen LogP contribution in [0.3, 0.4) is 0 Å². The Kier molecular flexibility index (Phi) is 4.42. The van der Waals surface area contributed by atoms with Gasteiger partial charge < -0.3 is 9.30 Å². The Morgan fingerprint density at radius 2 is 2.00 bits per heavy atom. The van der Waals surface area contributed by atoms with E-state index < -0.39 is 0 Å². The second kappa shape index (κ2) is 6.30. The molecule has 1 aliphatic rings. The number of halogens is 1. The maximum absolute atomic E-state index is 12.6. The summed E-state index contributed by atoms with van der Waals surface area (Å²) in [4.78, 5) is 14.9. The molecule has 0 spiro atoms. The Balaban J connectivity index is 1.78. The first kappa shape index (κ1) is 14.8. The zero-order valence-corrected chi connectivity index (χ0v) is 13.7. The molecular formula is C16H19BrN2O2. The highest BCUT2D eigenvalue weighted by Gasteiger charge is 2.20. The van der Waals surface area contributed by atoms with Crippen molar-refractivity contribution in [3.8, 4) is 0 Å². The topological polar surface area (TPSA) is 34.5 Å². The van der Waals surface area contributed by atoms with Crippen LogP contribution in [0.2, 0.25) is 0 Å². The quantitative estimate of drug-likeness (QED) is 0.795. The zero-order valence-electron chi connectivity index (χ0n) is 12.1. The number of hydrogen-bond acceptors (Lipinski definition) is 3. The van der Waals surface area contributed by atoms with Gasteiger partial charge in [-0.3, -0.25) is 9.69 Å². The lowest BCUT2D eigenvalue weighted by Gasteiger charge is -2.26. The molecule has 4 nitrogen and oxygen atoms in total. The van der Waals surface area contributed by atoms with Crippen LogP contribution < -0.4 is 0 Å². The van der Waals surface area contributed by atoms with Gasteiger partial charge in [-0.25, -0.2) is 0 Å². The van der Waals surface area contributed by atoms with Gasteiger partial charge in [0.15, 0.2) is 5.78 Å². The van der Waals surface area contributed by atoms with Gasteiger partial charge in [-0.05, 0) is 22.0 Å². The summed E-state index contributed by atoms with van der Waals surface area (Å²) < 4.78 is 8.23. The van der Waals surface area contributed by atoms with Gasteiger partial charge in [0.2, 0.25) is 0 Å². The number of hydrogen-bond donors (Lipinski definition) is 0. The lowest BCUT2D eigenvalue weighted by Crippen LogP contribution is -2.37. The van der Waals surface area contributed by atoms with E-state index in [2.05, 4.69) is 20.8 Å². The third-order valence-corrected chi connectivity index (χ3v) is 4.87. The number of ketones is 1. The fourth-order valence-electron chi connectivity index (χ4n) is 2.86. The summed E-state index contributed by atoms with van der Waals surface area (Å²) in [5.74, 6) is 0.187. The normalized spacial score (nSPS) is 16.5. The number of Topliss-reactive ketones (excluding diaryl/α,β-unsaturated/α-hetero) is 1.